The first kappa shape index (κ1) is 14.9. The number of rotatable bonds is 1. The third-order valence-electron chi connectivity index (χ3n) is 3.39. The Morgan fingerprint density at radius 2 is 1.81 bits per heavy atom. The monoisotopic (exact) mass is 219 g/mol. The lowest BCUT2D eigenvalue weighted by Crippen LogP contribution is -2.15. The van der Waals surface area contributed by atoms with Crippen LogP contribution in [0.5, 0.6) is 0 Å². The van der Waals surface area contributed by atoms with E-state index in [9.17, 15) is 0 Å². The molecule has 1 aromatic carbocycles. The van der Waals surface area contributed by atoms with Gasteiger partial charge in [0.1, 0.15) is 0 Å². The molecule has 0 amide bonds. The normalized spacial score (nSPS) is 21.0. The molecule has 0 spiro atoms. The zero-order valence-corrected chi connectivity index (χ0v) is 10.9. The van der Waals surface area contributed by atoms with E-state index in [2.05, 4.69) is 57.0 Å². The van der Waals surface area contributed by atoms with Gasteiger partial charge in [-0.1, -0.05) is 38.1 Å². The van der Waals surface area contributed by atoms with Crippen LogP contribution in [0.3, 0.4) is 0 Å². The largest absolute Gasteiger partial charge is 0.333 e. The van der Waals surface area contributed by atoms with Gasteiger partial charge in [-0.05, 0) is 42.9 Å². The van der Waals surface area contributed by atoms with Gasteiger partial charge in [-0.15, -0.1) is 13.2 Å². The van der Waals surface area contributed by atoms with E-state index in [1.807, 2.05) is 0 Å². The molecular weight excluding hydrogens is 194 g/mol. The number of nitrogens with two attached hydrogens (primary N) is 1. The smallest absolute Gasteiger partial charge is 0.00720 e. The van der Waals surface area contributed by atoms with Crippen LogP contribution in [0.25, 0.3) is 0 Å². The van der Waals surface area contributed by atoms with Crippen LogP contribution in [-0.4, -0.2) is 7.05 Å². The van der Waals surface area contributed by atoms with Gasteiger partial charge in [0.25, 0.3) is 0 Å². The van der Waals surface area contributed by atoms with Crippen LogP contribution >= 0.6 is 0 Å². The molecule has 2 rings (SSSR count). The topological polar surface area (TPSA) is 26.0 Å². The molecule has 90 valence electrons. The average Bonchev–Trinajstić information content (AvgIpc) is 2.74. The Kier molecular flexibility index (Phi) is 6.75. The molecular formula is C15H25N. The van der Waals surface area contributed by atoms with Crippen molar-refractivity contribution in [2.45, 2.75) is 38.5 Å². The van der Waals surface area contributed by atoms with Gasteiger partial charge in [-0.2, -0.15) is 0 Å². The van der Waals surface area contributed by atoms with Crippen molar-refractivity contribution in [3.8, 4) is 0 Å². The van der Waals surface area contributed by atoms with Crippen molar-refractivity contribution in [2.24, 2.45) is 5.73 Å². The van der Waals surface area contributed by atoms with Crippen molar-refractivity contribution < 1.29 is 0 Å². The molecule has 1 heteroatoms. The molecule has 16 heavy (non-hydrogen) atoms. The summed E-state index contributed by atoms with van der Waals surface area (Å²) in [4.78, 5) is 0. The van der Waals surface area contributed by atoms with Crippen LogP contribution in [0.4, 0.5) is 0 Å². The molecule has 0 saturated carbocycles. The maximum absolute atomic E-state index is 4.50. The van der Waals surface area contributed by atoms with E-state index in [0.29, 0.717) is 5.41 Å². The van der Waals surface area contributed by atoms with Gasteiger partial charge in [0, 0.05) is 0 Å². The number of aryl methyl sites for hydroxylation is 1. The van der Waals surface area contributed by atoms with Crippen molar-refractivity contribution in [3.63, 3.8) is 0 Å². The summed E-state index contributed by atoms with van der Waals surface area (Å²) >= 11 is 0. The van der Waals surface area contributed by atoms with Gasteiger partial charge in [-0.25, -0.2) is 0 Å². The van der Waals surface area contributed by atoms with Crippen molar-refractivity contribution >= 4 is 0 Å². The number of fused-ring (bicyclic) bond motifs is 1. The average molecular weight is 219 g/mol. The van der Waals surface area contributed by atoms with E-state index in [1.165, 1.54) is 26.3 Å². The molecule has 0 fully saturated rings. The molecule has 2 N–H and O–H groups in total. The second-order valence-electron chi connectivity index (χ2n) is 4.07. The van der Waals surface area contributed by atoms with Crippen LogP contribution in [0.2, 0.25) is 0 Å². The zero-order valence-electron chi connectivity index (χ0n) is 10.9. The molecule has 0 heterocycles. The number of benzene rings is 1. The molecule has 1 aliphatic rings. The molecule has 1 unspecified atom stereocenters. The lowest BCUT2D eigenvalue weighted by molar-refractivity contribution is 0.453. The summed E-state index contributed by atoms with van der Waals surface area (Å²) in [5, 5.41) is 0. The quantitative estimate of drug-likeness (QED) is 0.716. The number of hydrogen-bond acceptors (Lipinski definition) is 1. The Hall–Kier alpha value is -1.08. The highest BCUT2D eigenvalue weighted by Crippen LogP contribution is 2.40. The van der Waals surface area contributed by atoms with Gasteiger partial charge in [0.05, 0.1) is 0 Å². The lowest BCUT2D eigenvalue weighted by Gasteiger charge is -2.23. The fraction of sp³-hybridized carbons (Fsp3) is 0.467. The van der Waals surface area contributed by atoms with E-state index in [1.54, 1.807) is 11.1 Å². The molecule has 0 aliphatic heterocycles. The minimum atomic E-state index is 0.469. The highest BCUT2D eigenvalue weighted by Gasteiger charge is 2.31. The molecule has 1 aliphatic carbocycles. The highest BCUT2D eigenvalue weighted by atomic mass is 14.4. The molecule has 0 radical (unpaired) electrons. The highest BCUT2D eigenvalue weighted by molar-refractivity contribution is 5.38. The molecule has 1 aromatic rings. The molecule has 0 saturated heterocycles. The maximum Gasteiger partial charge on any atom is -0.00720 e. The Bertz CT molecular complexity index is 306. The fourth-order valence-corrected chi connectivity index (χ4v) is 2.24. The van der Waals surface area contributed by atoms with Crippen LogP contribution in [-0.2, 0) is 11.8 Å². The minimum absolute atomic E-state index is 0.469. The summed E-state index contributed by atoms with van der Waals surface area (Å²) in [6.07, 6.45) is 3.88. The Labute approximate surface area is 100 Å². The van der Waals surface area contributed by atoms with Crippen molar-refractivity contribution in [1.29, 1.82) is 0 Å². The lowest BCUT2D eigenvalue weighted by atomic mass is 9.82. The Morgan fingerprint density at radius 3 is 2.38 bits per heavy atom. The molecule has 1 nitrogen and oxygen atoms in total. The van der Waals surface area contributed by atoms with Crippen molar-refractivity contribution in [3.05, 3.63) is 48.6 Å². The maximum atomic E-state index is 4.50. The first-order chi connectivity index (χ1) is 7.76. The fourth-order valence-electron chi connectivity index (χ4n) is 2.24. The van der Waals surface area contributed by atoms with E-state index in [-0.39, 0.29) is 0 Å². The third-order valence-corrected chi connectivity index (χ3v) is 3.39. The predicted octanol–water partition coefficient (Wildman–Crippen LogP) is 3.68. The predicted molar refractivity (Wildman–Crippen MR) is 73.8 cm³/mol. The first-order valence-electron chi connectivity index (χ1n) is 5.92. The van der Waals surface area contributed by atoms with Gasteiger partial charge in [-0.3, -0.25) is 0 Å². The molecule has 0 aromatic heterocycles. The summed E-state index contributed by atoms with van der Waals surface area (Å²) in [6, 6.07) is 8.89. The summed E-state index contributed by atoms with van der Waals surface area (Å²) in [5.41, 5.74) is 8.13. The van der Waals surface area contributed by atoms with E-state index >= 15 is 0 Å². The standard InChI is InChI=1S/C12H16.C2H4.CH5N/c1-3-12(2)9-8-10-6-4-5-7-11(10)12;2*1-2/h4-7H,3,8-9H2,1-2H3;1-2H2;2H2,1H3. The minimum Gasteiger partial charge on any atom is -0.333 e. The van der Waals surface area contributed by atoms with Gasteiger partial charge >= 0.3 is 0 Å². The Balaban J connectivity index is 0.000000509. The Morgan fingerprint density at radius 1 is 1.25 bits per heavy atom. The second kappa shape index (κ2) is 7.24. The summed E-state index contributed by atoms with van der Waals surface area (Å²) in [6.45, 7) is 10.7. The summed E-state index contributed by atoms with van der Waals surface area (Å²) in [7, 11) is 1.50. The van der Waals surface area contributed by atoms with Crippen LogP contribution in [0, 0.1) is 0 Å². The van der Waals surface area contributed by atoms with E-state index in [0.717, 1.165) is 0 Å². The van der Waals surface area contributed by atoms with Crippen LogP contribution in [0.15, 0.2) is 37.4 Å². The summed E-state index contributed by atoms with van der Waals surface area (Å²) < 4.78 is 0. The third kappa shape index (κ3) is 2.96. The first-order valence-corrected chi connectivity index (χ1v) is 5.92. The second-order valence-corrected chi connectivity index (χ2v) is 4.07. The molecule has 1 atom stereocenters. The summed E-state index contributed by atoms with van der Waals surface area (Å²) in [5.74, 6) is 0. The van der Waals surface area contributed by atoms with Crippen molar-refractivity contribution in [2.75, 3.05) is 7.05 Å². The zero-order chi connectivity index (χ0) is 12.6. The molecule has 0 bridgehead atoms. The van der Waals surface area contributed by atoms with Gasteiger partial charge < -0.3 is 5.73 Å². The van der Waals surface area contributed by atoms with Crippen molar-refractivity contribution in [1.82, 2.24) is 0 Å². The SMILES string of the molecule is C=C.CCC1(C)CCc2ccccc21.CN. The van der Waals surface area contributed by atoms with Crippen LogP contribution < -0.4 is 5.73 Å². The van der Waals surface area contributed by atoms with Crippen LogP contribution in [0.1, 0.15) is 37.8 Å². The van der Waals surface area contributed by atoms with Gasteiger partial charge in [0.15, 0.2) is 0 Å². The number of hydrogen-bond donors (Lipinski definition) is 1. The van der Waals surface area contributed by atoms with Gasteiger partial charge in [0.2, 0.25) is 0 Å². The van der Waals surface area contributed by atoms with E-state index < -0.39 is 0 Å². The van der Waals surface area contributed by atoms with E-state index in [4.69, 9.17) is 0 Å².